The van der Waals surface area contributed by atoms with E-state index < -0.39 is 0 Å². The van der Waals surface area contributed by atoms with E-state index in [0.717, 1.165) is 31.4 Å². The standard InChI is InChI=1S/C20H35N3O3/c1-5-7-11-19(24)22(13-8-6-2)17-20(25)23(14-15-26-4)16-18-10-9-12-21(18)3/h9-10,12H,5-8,11,13-17H2,1-4H3. The molecular weight excluding hydrogens is 330 g/mol. The topological polar surface area (TPSA) is 54.8 Å². The Morgan fingerprint density at radius 1 is 1.08 bits per heavy atom. The molecule has 26 heavy (non-hydrogen) atoms. The highest BCUT2D eigenvalue weighted by atomic mass is 16.5. The maximum absolute atomic E-state index is 12.9. The summed E-state index contributed by atoms with van der Waals surface area (Å²) in [6.45, 7) is 6.48. The van der Waals surface area contributed by atoms with Crippen molar-refractivity contribution in [3.8, 4) is 0 Å². The molecule has 0 N–H and O–H groups in total. The van der Waals surface area contributed by atoms with E-state index in [1.54, 1.807) is 16.9 Å². The predicted octanol–water partition coefficient (Wildman–Crippen LogP) is 2.82. The Kier molecular flexibility index (Phi) is 10.7. The summed E-state index contributed by atoms with van der Waals surface area (Å²) in [5, 5.41) is 0. The van der Waals surface area contributed by atoms with Crippen LogP contribution < -0.4 is 0 Å². The molecule has 0 radical (unpaired) electrons. The zero-order valence-corrected chi connectivity index (χ0v) is 16.9. The van der Waals surface area contributed by atoms with Crippen LogP contribution in [0.5, 0.6) is 0 Å². The molecule has 6 nitrogen and oxygen atoms in total. The van der Waals surface area contributed by atoms with Gasteiger partial charge in [0.1, 0.15) is 0 Å². The molecule has 0 aliphatic rings. The summed E-state index contributed by atoms with van der Waals surface area (Å²) in [5.41, 5.74) is 1.06. The second-order valence-electron chi connectivity index (χ2n) is 6.69. The molecule has 1 aromatic heterocycles. The molecule has 1 heterocycles. The predicted molar refractivity (Wildman–Crippen MR) is 104 cm³/mol. The third-order valence-electron chi connectivity index (χ3n) is 4.53. The number of methoxy groups -OCH3 is 1. The summed E-state index contributed by atoms with van der Waals surface area (Å²) < 4.78 is 7.17. The summed E-state index contributed by atoms with van der Waals surface area (Å²) >= 11 is 0. The molecule has 0 aromatic carbocycles. The van der Waals surface area contributed by atoms with Gasteiger partial charge in [-0.05, 0) is 25.0 Å². The van der Waals surface area contributed by atoms with Crippen molar-refractivity contribution >= 4 is 11.8 Å². The molecule has 0 spiro atoms. The van der Waals surface area contributed by atoms with Gasteiger partial charge < -0.3 is 19.1 Å². The summed E-state index contributed by atoms with van der Waals surface area (Å²) in [5.74, 6) is 0.0587. The number of amides is 2. The second-order valence-corrected chi connectivity index (χ2v) is 6.69. The van der Waals surface area contributed by atoms with Crippen molar-refractivity contribution in [2.24, 2.45) is 7.05 Å². The molecule has 148 valence electrons. The Labute approximate surface area is 158 Å². The molecule has 0 atom stereocenters. The molecule has 2 amide bonds. The minimum Gasteiger partial charge on any atom is -0.383 e. The molecule has 0 fully saturated rings. The van der Waals surface area contributed by atoms with Crippen molar-refractivity contribution in [1.82, 2.24) is 14.4 Å². The van der Waals surface area contributed by atoms with E-state index in [1.807, 2.05) is 29.9 Å². The fraction of sp³-hybridized carbons (Fsp3) is 0.700. The summed E-state index contributed by atoms with van der Waals surface area (Å²) in [6, 6.07) is 3.98. The van der Waals surface area contributed by atoms with Gasteiger partial charge in [0.2, 0.25) is 11.8 Å². The van der Waals surface area contributed by atoms with Crippen LogP contribution in [-0.4, -0.2) is 59.5 Å². The van der Waals surface area contributed by atoms with Crippen molar-refractivity contribution in [3.63, 3.8) is 0 Å². The van der Waals surface area contributed by atoms with Gasteiger partial charge in [-0.15, -0.1) is 0 Å². The van der Waals surface area contributed by atoms with Crippen LogP contribution in [0.1, 0.15) is 51.6 Å². The number of unbranched alkanes of at least 4 members (excludes halogenated alkanes) is 2. The highest BCUT2D eigenvalue weighted by Gasteiger charge is 2.21. The maximum atomic E-state index is 12.9. The van der Waals surface area contributed by atoms with E-state index in [4.69, 9.17) is 4.74 Å². The van der Waals surface area contributed by atoms with Crippen molar-refractivity contribution in [2.75, 3.05) is 33.4 Å². The van der Waals surface area contributed by atoms with Gasteiger partial charge in [0.15, 0.2) is 0 Å². The molecule has 0 aliphatic carbocycles. The molecule has 6 heteroatoms. The van der Waals surface area contributed by atoms with E-state index in [1.165, 1.54) is 0 Å². The Bertz CT molecular complexity index is 542. The minimum absolute atomic E-state index is 0.0239. The van der Waals surface area contributed by atoms with Crippen molar-refractivity contribution in [2.45, 2.75) is 52.5 Å². The van der Waals surface area contributed by atoms with Crippen LogP contribution >= 0.6 is 0 Å². The lowest BCUT2D eigenvalue weighted by molar-refractivity contribution is -0.141. The van der Waals surface area contributed by atoms with Crippen LogP contribution in [0.2, 0.25) is 0 Å². The Morgan fingerprint density at radius 3 is 2.38 bits per heavy atom. The number of carbonyl (C=O) groups excluding carboxylic acids is 2. The van der Waals surface area contributed by atoms with E-state index in [2.05, 4.69) is 13.8 Å². The number of rotatable bonds is 13. The average molecular weight is 366 g/mol. The van der Waals surface area contributed by atoms with E-state index in [0.29, 0.717) is 32.7 Å². The first kappa shape index (κ1) is 22.2. The number of hydrogen-bond donors (Lipinski definition) is 0. The fourth-order valence-corrected chi connectivity index (χ4v) is 2.74. The van der Waals surface area contributed by atoms with Crippen LogP contribution in [0.3, 0.4) is 0 Å². The molecule has 0 aliphatic heterocycles. The fourth-order valence-electron chi connectivity index (χ4n) is 2.74. The molecule has 0 saturated heterocycles. The van der Waals surface area contributed by atoms with Crippen molar-refractivity contribution < 1.29 is 14.3 Å². The van der Waals surface area contributed by atoms with Gasteiger partial charge in [0.05, 0.1) is 19.7 Å². The lowest BCUT2D eigenvalue weighted by Gasteiger charge is -2.28. The first-order valence-electron chi connectivity index (χ1n) is 9.68. The molecule has 1 rings (SSSR count). The average Bonchev–Trinajstić information content (AvgIpc) is 3.04. The van der Waals surface area contributed by atoms with Crippen LogP contribution in [0, 0.1) is 0 Å². The van der Waals surface area contributed by atoms with E-state index in [-0.39, 0.29) is 18.4 Å². The number of aromatic nitrogens is 1. The number of aryl methyl sites for hydroxylation is 1. The largest absolute Gasteiger partial charge is 0.383 e. The van der Waals surface area contributed by atoms with Crippen molar-refractivity contribution in [3.05, 3.63) is 24.0 Å². The second kappa shape index (κ2) is 12.5. The third kappa shape index (κ3) is 7.60. The Balaban J connectivity index is 2.78. The lowest BCUT2D eigenvalue weighted by Crippen LogP contribution is -2.44. The first-order chi connectivity index (χ1) is 12.5. The maximum Gasteiger partial charge on any atom is 0.242 e. The quantitative estimate of drug-likeness (QED) is 0.540. The Morgan fingerprint density at radius 2 is 1.81 bits per heavy atom. The number of carbonyl (C=O) groups is 2. The van der Waals surface area contributed by atoms with Gasteiger partial charge in [0.25, 0.3) is 0 Å². The van der Waals surface area contributed by atoms with E-state index in [9.17, 15) is 9.59 Å². The van der Waals surface area contributed by atoms with Crippen LogP contribution in [0.15, 0.2) is 18.3 Å². The summed E-state index contributed by atoms with van der Waals surface area (Å²) in [4.78, 5) is 28.9. The number of hydrogen-bond acceptors (Lipinski definition) is 3. The molecule has 0 bridgehead atoms. The van der Waals surface area contributed by atoms with Crippen LogP contribution in [-0.2, 0) is 27.9 Å². The zero-order valence-electron chi connectivity index (χ0n) is 16.9. The zero-order chi connectivity index (χ0) is 19.4. The van der Waals surface area contributed by atoms with Gasteiger partial charge in [0, 0.05) is 45.6 Å². The molecule has 0 unspecified atom stereocenters. The van der Waals surface area contributed by atoms with Gasteiger partial charge in [-0.2, -0.15) is 0 Å². The van der Waals surface area contributed by atoms with Crippen LogP contribution in [0.25, 0.3) is 0 Å². The number of nitrogens with zero attached hydrogens (tertiary/aromatic N) is 3. The lowest BCUT2D eigenvalue weighted by atomic mass is 10.2. The summed E-state index contributed by atoms with van der Waals surface area (Å²) in [6.07, 6.45) is 6.25. The van der Waals surface area contributed by atoms with Gasteiger partial charge in [-0.3, -0.25) is 9.59 Å². The summed E-state index contributed by atoms with van der Waals surface area (Å²) in [7, 11) is 3.60. The molecule has 1 aromatic rings. The Hall–Kier alpha value is -1.82. The minimum atomic E-state index is -0.0239. The van der Waals surface area contributed by atoms with Gasteiger partial charge in [-0.1, -0.05) is 26.7 Å². The highest BCUT2D eigenvalue weighted by Crippen LogP contribution is 2.08. The third-order valence-corrected chi connectivity index (χ3v) is 4.53. The SMILES string of the molecule is CCCCC(=O)N(CCCC)CC(=O)N(CCOC)Cc1cccn1C. The van der Waals surface area contributed by atoms with Crippen LogP contribution in [0.4, 0.5) is 0 Å². The highest BCUT2D eigenvalue weighted by molar-refractivity contribution is 5.84. The van der Waals surface area contributed by atoms with Gasteiger partial charge in [-0.25, -0.2) is 0 Å². The monoisotopic (exact) mass is 365 g/mol. The smallest absolute Gasteiger partial charge is 0.242 e. The first-order valence-corrected chi connectivity index (χ1v) is 9.68. The molecule has 0 saturated carbocycles. The normalized spacial score (nSPS) is 10.8. The number of ether oxygens (including phenoxy) is 1. The molecular formula is C20H35N3O3. The van der Waals surface area contributed by atoms with Gasteiger partial charge >= 0.3 is 0 Å². The van der Waals surface area contributed by atoms with E-state index >= 15 is 0 Å². The van der Waals surface area contributed by atoms with Crippen molar-refractivity contribution in [1.29, 1.82) is 0 Å².